The zero-order valence-electron chi connectivity index (χ0n) is 42.5. The summed E-state index contributed by atoms with van der Waals surface area (Å²) in [6, 6.07) is 18.0. The molecule has 0 aliphatic heterocycles. The van der Waals surface area contributed by atoms with Gasteiger partial charge >= 0.3 is 0 Å². The second-order valence-corrected chi connectivity index (χ2v) is 12.5. The van der Waals surface area contributed by atoms with Crippen LogP contribution in [0.1, 0.15) is 20.6 Å². The van der Waals surface area contributed by atoms with Crippen molar-refractivity contribution in [3.63, 3.8) is 0 Å². The third-order valence-electron chi connectivity index (χ3n) is 9.51. The summed E-state index contributed by atoms with van der Waals surface area (Å²) in [7, 11) is 0. The van der Waals surface area contributed by atoms with Crippen molar-refractivity contribution in [1.82, 2.24) is 0 Å². The third-order valence-corrected chi connectivity index (χ3v) is 9.51. The standard InChI is InChI=1S/C50H31NO2/c1-3-13-38-32(10-1)12-7-16-39(38)34-22-27-36(28-23-34)51(44-18-9-21-47-49(44)43-31-26-33-11-2-4-14-41(33)50(43)53-47)37-29-24-35(25-30-37)40-17-8-20-46-48(40)42-15-5-6-19-45(42)52-46/h1-31H/i1D,3D,7D,10D,12D,13D,16D,22D,23D,24D,25D,27D,28D,29D,30D. The van der Waals surface area contributed by atoms with Gasteiger partial charge in [-0.3, -0.25) is 0 Å². The van der Waals surface area contributed by atoms with E-state index in [0.717, 1.165) is 15.7 Å². The maximum absolute atomic E-state index is 9.77. The zero-order valence-corrected chi connectivity index (χ0v) is 27.5. The van der Waals surface area contributed by atoms with E-state index in [0.29, 0.717) is 49.4 Å². The van der Waals surface area contributed by atoms with Crippen LogP contribution in [0.25, 0.3) is 87.7 Å². The van der Waals surface area contributed by atoms with Gasteiger partial charge in [-0.05, 0) is 92.9 Å². The van der Waals surface area contributed by atoms with Crippen LogP contribution in [-0.4, -0.2) is 0 Å². The van der Waals surface area contributed by atoms with Gasteiger partial charge in [0, 0.05) is 32.9 Å². The Morgan fingerprint density at radius 2 is 1.06 bits per heavy atom. The molecule has 53 heavy (non-hydrogen) atoms. The van der Waals surface area contributed by atoms with Gasteiger partial charge in [0.2, 0.25) is 0 Å². The number of fused-ring (bicyclic) bond motifs is 9. The zero-order chi connectivity index (χ0) is 47.9. The van der Waals surface area contributed by atoms with Crippen LogP contribution in [0, 0.1) is 0 Å². The highest BCUT2D eigenvalue weighted by molar-refractivity contribution is 6.19. The van der Waals surface area contributed by atoms with Gasteiger partial charge < -0.3 is 13.7 Å². The molecule has 0 N–H and O–H groups in total. The van der Waals surface area contributed by atoms with Crippen LogP contribution in [0.2, 0.25) is 0 Å². The van der Waals surface area contributed by atoms with Crippen molar-refractivity contribution in [2.45, 2.75) is 0 Å². The SMILES string of the molecule is [2H]c1c([2H])c(N(c2c([2H])c([2H])c(-c3cccc4oc5ccccc5c34)c([2H])c2[2H])c2cccc3oc4c5ccccc5ccc4c23)c([2H])c([2H])c1-c1c([2H])c([2H])c([2H])c2c([2H])c([2H])c([2H])c([2H])c12. The first-order valence-corrected chi connectivity index (χ1v) is 16.8. The molecule has 248 valence electrons. The average Bonchev–Trinajstić information content (AvgIpc) is 3.93. The van der Waals surface area contributed by atoms with E-state index in [2.05, 4.69) is 0 Å². The Morgan fingerprint density at radius 1 is 0.396 bits per heavy atom. The van der Waals surface area contributed by atoms with E-state index >= 15 is 0 Å². The monoisotopic (exact) mass is 692 g/mol. The van der Waals surface area contributed by atoms with Crippen molar-refractivity contribution in [2.24, 2.45) is 0 Å². The maximum Gasteiger partial charge on any atom is 0.143 e. The predicted molar refractivity (Wildman–Crippen MR) is 222 cm³/mol. The number of para-hydroxylation sites is 1. The second-order valence-electron chi connectivity index (χ2n) is 12.5. The lowest BCUT2D eigenvalue weighted by atomic mass is 9.97. The number of nitrogens with zero attached hydrogens (tertiary/aromatic N) is 1. The van der Waals surface area contributed by atoms with E-state index in [1.165, 1.54) is 0 Å². The summed E-state index contributed by atoms with van der Waals surface area (Å²) in [5.74, 6) is 0. The Labute approximate surface area is 326 Å². The fourth-order valence-electron chi connectivity index (χ4n) is 7.15. The summed E-state index contributed by atoms with van der Waals surface area (Å²) in [6.07, 6.45) is 0. The lowest BCUT2D eigenvalue weighted by molar-refractivity contribution is 0.669. The summed E-state index contributed by atoms with van der Waals surface area (Å²) in [6.45, 7) is 0. The van der Waals surface area contributed by atoms with Gasteiger partial charge in [-0.2, -0.15) is 0 Å². The highest BCUT2D eigenvalue weighted by Crippen LogP contribution is 2.45. The van der Waals surface area contributed by atoms with E-state index < -0.39 is 124 Å². The van der Waals surface area contributed by atoms with Crippen molar-refractivity contribution >= 4 is 82.5 Å². The Balaban J connectivity index is 1.26. The highest BCUT2D eigenvalue weighted by Gasteiger charge is 2.21. The molecule has 0 aliphatic carbocycles. The molecule has 0 aliphatic rings. The third kappa shape index (κ3) is 4.68. The van der Waals surface area contributed by atoms with Gasteiger partial charge in [0.05, 0.1) is 31.6 Å². The topological polar surface area (TPSA) is 29.5 Å². The first-order valence-electron chi connectivity index (χ1n) is 24.3. The Morgan fingerprint density at radius 3 is 1.89 bits per heavy atom. The number of rotatable bonds is 5. The summed E-state index contributed by atoms with van der Waals surface area (Å²) >= 11 is 0. The van der Waals surface area contributed by atoms with Crippen molar-refractivity contribution < 1.29 is 29.4 Å². The van der Waals surface area contributed by atoms with E-state index in [4.69, 9.17) is 18.4 Å². The smallest absolute Gasteiger partial charge is 0.143 e. The van der Waals surface area contributed by atoms with Crippen LogP contribution >= 0.6 is 0 Å². The first kappa shape index (κ1) is 18.4. The van der Waals surface area contributed by atoms with Crippen molar-refractivity contribution in [3.05, 3.63) is 188 Å². The number of hydrogen-bond donors (Lipinski definition) is 0. The van der Waals surface area contributed by atoms with Gasteiger partial charge in [0.1, 0.15) is 22.3 Å². The molecular weight excluding hydrogens is 647 g/mol. The summed E-state index contributed by atoms with van der Waals surface area (Å²) in [5, 5.41) is 2.91. The Hall–Kier alpha value is -7.10. The van der Waals surface area contributed by atoms with E-state index in [1.54, 1.807) is 42.5 Å². The van der Waals surface area contributed by atoms with Crippen LogP contribution < -0.4 is 4.90 Å². The second kappa shape index (κ2) is 11.7. The molecule has 0 bridgehead atoms. The van der Waals surface area contributed by atoms with E-state index in [-0.39, 0.29) is 11.3 Å². The van der Waals surface area contributed by atoms with E-state index in [9.17, 15) is 11.0 Å². The van der Waals surface area contributed by atoms with Gasteiger partial charge in [-0.25, -0.2) is 0 Å². The molecule has 2 heterocycles. The Bertz CT molecular complexity index is 4000. The number of anilines is 3. The minimum absolute atomic E-state index is 0.0577. The minimum atomic E-state index is -0.814. The molecule has 11 rings (SSSR count). The number of hydrogen-bond acceptors (Lipinski definition) is 3. The average molecular weight is 693 g/mol. The lowest BCUT2D eigenvalue weighted by Crippen LogP contribution is -2.10. The number of furan rings is 2. The number of benzene rings is 9. The molecule has 9 aromatic carbocycles. The molecule has 0 saturated carbocycles. The van der Waals surface area contributed by atoms with Crippen molar-refractivity contribution in [2.75, 3.05) is 4.90 Å². The molecule has 3 nitrogen and oxygen atoms in total. The maximum atomic E-state index is 9.77. The lowest BCUT2D eigenvalue weighted by Gasteiger charge is -2.27. The largest absolute Gasteiger partial charge is 0.456 e. The molecule has 0 amide bonds. The summed E-state index contributed by atoms with van der Waals surface area (Å²) < 4.78 is 150. The molecule has 0 spiro atoms. The normalized spacial score (nSPS) is 15.7. The van der Waals surface area contributed by atoms with Gasteiger partial charge in [0.25, 0.3) is 0 Å². The molecular formula is C50H31NO2. The van der Waals surface area contributed by atoms with Gasteiger partial charge in [0.15, 0.2) is 0 Å². The van der Waals surface area contributed by atoms with E-state index in [1.807, 2.05) is 54.6 Å². The quantitative estimate of drug-likeness (QED) is 0.180. The molecule has 0 atom stereocenters. The van der Waals surface area contributed by atoms with Crippen LogP contribution in [0.3, 0.4) is 0 Å². The molecule has 11 aromatic rings. The molecule has 0 fully saturated rings. The minimum Gasteiger partial charge on any atom is -0.456 e. The highest BCUT2D eigenvalue weighted by atomic mass is 16.3. The molecule has 0 saturated heterocycles. The molecule has 3 heteroatoms. The van der Waals surface area contributed by atoms with Crippen molar-refractivity contribution in [1.29, 1.82) is 0 Å². The summed E-state index contributed by atoms with van der Waals surface area (Å²) in [5.41, 5.74) is 0.123. The fourth-order valence-corrected chi connectivity index (χ4v) is 7.15. The first-order chi connectivity index (χ1) is 32.5. The van der Waals surface area contributed by atoms with Gasteiger partial charge in [-0.15, -0.1) is 0 Å². The molecule has 2 aromatic heterocycles. The summed E-state index contributed by atoms with van der Waals surface area (Å²) in [4.78, 5) is 1.16. The van der Waals surface area contributed by atoms with Crippen LogP contribution in [0.15, 0.2) is 197 Å². The fraction of sp³-hybridized carbons (Fsp3) is 0. The van der Waals surface area contributed by atoms with Crippen LogP contribution in [0.5, 0.6) is 0 Å². The Kier molecular flexibility index (Phi) is 4.07. The predicted octanol–water partition coefficient (Wildman–Crippen LogP) is 14.6. The van der Waals surface area contributed by atoms with Crippen LogP contribution in [0.4, 0.5) is 17.1 Å². The van der Waals surface area contributed by atoms with Crippen LogP contribution in [-0.2, 0) is 0 Å². The van der Waals surface area contributed by atoms with Crippen molar-refractivity contribution in [3.8, 4) is 22.3 Å². The molecule has 0 unspecified atom stereocenters. The molecule has 0 radical (unpaired) electrons. The van der Waals surface area contributed by atoms with Gasteiger partial charge in [-0.1, -0.05) is 133 Å².